The molecule has 0 spiro atoms. The SMILES string of the molecule is C#CCCCC(CC(=O)OCC(C)C)NC(=O)C(CC(C)C)NC(=O)C(C(C)C)N(C)C(=O)C(OC(=O)C(C(C)C)N(C)C(=O)C1CCCN1C(C)=O)C(C)C. The molecule has 0 bridgehead atoms. The first-order valence-corrected chi connectivity index (χ1v) is 20.3. The molecule has 1 saturated heterocycles. The standard InChI is InChI=1S/C42H71N5O9/c1-15-16-17-19-31(23-34(49)55-24-26(4)5)43-38(50)32(22-25(2)3)44-39(51)35(27(6)7)45(13)41(53)37(29(10)11)56-42(54)36(28(8)9)46(14)40(52)33-20-18-21-47(33)30(12)48/h1,25-29,31-33,35-37H,16-24H2,2-14H3,(H,43,50)(H,44,51). The molecule has 0 saturated carbocycles. The van der Waals surface area contributed by atoms with Crippen LogP contribution in [0.5, 0.6) is 0 Å². The van der Waals surface area contributed by atoms with Crippen molar-refractivity contribution >= 4 is 41.5 Å². The lowest BCUT2D eigenvalue weighted by atomic mass is 9.97. The van der Waals surface area contributed by atoms with Gasteiger partial charge in [-0.1, -0.05) is 69.2 Å². The van der Waals surface area contributed by atoms with Crippen molar-refractivity contribution in [1.82, 2.24) is 25.3 Å². The highest BCUT2D eigenvalue weighted by Gasteiger charge is 2.43. The summed E-state index contributed by atoms with van der Waals surface area (Å²) in [5.41, 5.74) is 0. The number of hydrogen-bond acceptors (Lipinski definition) is 9. The monoisotopic (exact) mass is 790 g/mol. The summed E-state index contributed by atoms with van der Waals surface area (Å²) < 4.78 is 11.3. The molecule has 318 valence electrons. The fourth-order valence-electron chi connectivity index (χ4n) is 7.04. The van der Waals surface area contributed by atoms with Crippen molar-refractivity contribution in [2.24, 2.45) is 29.6 Å². The summed E-state index contributed by atoms with van der Waals surface area (Å²) >= 11 is 0. The first-order chi connectivity index (χ1) is 26.0. The minimum absolute atomic E-state index is 0.00154. The van der Waals surface area contributed by atoms with Gasteiger partial charge in [0.25, 0.3) is 5.91 Å². The highest BCUT2D eigenvalue weighted by Crippen LogP contribution is 2.24. The van der Waals surface area contributed by atoms with Gasteiger partial charge in [-0.3, -0.25) is 28.8 Å². The van der Waals surface area contributed by atoms with Crippen LogP contribution in [0.3, 0.4) is 0 Å². The molecule has 1 heterocycles. The molecule has 56 heavy (non-hydrogen) atoms. The van der Waals surface area contributed by atoms with Gasteiger partial charge in [-0.25, -0.2) is 4.79 Å². The van der Waals surface area contributed by atoms with Gasteiger partial charge in [0.05, 0.1) is 13.0 Å². The van der Waals surface area contributed by atoms with Crippen molar-refractivity contribution < 1.29 is 43.0 Å². The van der Waals surface area contributed by atoms with Crippen LogP contribution in [-0.4, -0.2) is 120 Å². The van der Waals surface area contributed by atoms with Crippen LogP contribution in [0.15, 0.2) is 0 Å². The van der Waals surface area contributed by atoms with E-state index in [0.717, 1.165) is 0 Å². The van der Waals surface area contributed by atoms with E-state index < -0.39 is 77.8 Å². The van der Waals surface area contributed by atoms with Crippen LogP contribution in [0, 0.1) is 41.9 Å². The van der Waals surface area contributed by atoms with E-state index in [1.165, 1.54) is 35.7 Å². The predicted octanol–water partition coefficient (Wildman–Crippen LogP) is 3.94. The molecule has 6 unspecified atom stereocenters. The average molecular weight is 790 g/mol. The zero-order valence-corrected chi connectivity index (χ0v) is 36.3. The van der Waals surface area contributed by atoms with E-state index in [4.69, 9.17) is 15.9 Å². The third kappa shape index (κ3) is 15.4. The molecular weight excluding hydrogens is 718 g/mol. The Morgan fingerprint density at radius 1 is 0.821 bits per heavy atom. The molecule has 1 aliphatic heterocycles. The van der Waals surface area contributed by atoms with Crippen molar-refractivity contribution in [2.45, 2.75) is 157 Å². The van der Waals surface area contributed by atoms with E-state index in [2.05, 4.69) is 16.6 Å². The molecule has 5 amide bonds. The fourth-order valence-corrected chi connectivity index (χ4v) is 7.04. The molecule has 2 N–H and O–H groups in total. The fraction of sp³-hybridized carbons (Fsp3) is 0.786. The minimum atomic E-state index is -1.29. The first kappa shape index (κ1) is 49.9. The van der Waals surface area contributed by atoms with E-state index in [1.54, 1.807) is 41.5 Å². The molecule has 0 aromatic carbocycles. The summed E-state index contributed by atoms with van der Waals surface area (Å²) in [5, 5.41) is 5.80. The van der Waals surface area contributed by atoms with Crippen molar-refractivity contribution in [2.75, 3.05) is 27.2 Å². The maximum absolute atomic E-state index is 14.2. The Bertz CT molecular complexity index is 1390. The van der Waals surface area contributed by atoms with Gasteiger partial charge in [0.15, 0.2) is 6.10 Å². The second-order valence-electron chi connectivity index (χ2n) is 17.0. The summed E-state index contributed by atoms with van der Waals surface area (Å²) in [6, 6.07) is -4.32. The number of nitrogens with one attached hydrogen (secondary N) is 2. The molecule has 6 atom stereocenters. The Labute approximate surface area is 335 Å². The Balaban J connectivity index is 3.28. The number of ether oxygens (including phenoxy) is 2. The van der Waals surface area contributed by atoms with E-state index in [9.17, 15) is 33.6 Å². The lowest BCUT2D eigenvalue weighted by Crippen LogP contribution is -2.59. The molecule has 1 rings (SSSR count). The molecule has 0 aliphatic carbocycles. The Morgan fingerprint density at radius 2 is 1.43 bits per heavy atom. The van der Waals surface area contributed by atoms with Gasteiger partial charge in [0.2, 0.25) is 23.6 Å². The third-order valence-corrected chi connectivity index (χ3v) is 9.89. The number of hydrogen-bond donors (Lipinski definition) is 2. The van der Waals surface area contributed by atoms with Gasteiger partial charge in [0, 0.05) is 40.0 Å². The molecule has 1 aliphatic rings. The van der Waals surface area contributed by atoms with Crippen molar-refractivity contribution in [3.63, 3.8) is 0 Å². The van der Waals surface area contributed by atoms with Crippen LogP contribution in [0.2, 0.25) is 0 Å². The number of carbonyl (C=O) groups is 7. The predicted molar refractivity (Wildman–Crippen MR) is 214 cm³/mol. The Morgan fingerprint density at radius 3 is 1.93 bits per heavy atom. The summed E-state index contributed by atoms with van der Waals surface area (Å²) in [6.07, 6.45) is 7.03. The Kier molecular flexibility index (Phi) is 21.2. The zero-order valence-electron chi connectivity index (χ0n) is 36.3. The first-order valence-electron chi connectivity index (χ1n) is 20.3. The maximum Gasteiger partial charge on any atom is 0.329 e. The largest absolute Gasteiger partial charge is 0.465 e. The van der Waals surface area contributed by atoms with Gasteiger partial charge in [0.1, 0.15) is 24.2 Å². The van der Waals surface area contributed by atoms with Gasteiger partial charge >= 0.3 is 11.9 Å². The smallest absolute Gasteiger partial charge is 0.329 e. The van der Waals surface area contributed by atoms with Crippen molar-refractivity contribution in [3.8, 4) is 12.3 Å². The minimum Gasteiger partial charge on any atom is -0.465 e. The second kappa shape index (κ2) is 23.8. The second-order valence-corrected chi connectivity index (χ2v) is 17.0. The lowest BCUT2D eigenvalue weighted by molar-refractivity contribution is -0.172. The van der Waals surface area contributed by atoms with Crippen LogP contribution in [-0.2, 0) is 43.0 Å². The summed E-state index contributed by atoms with van der Waals surface area (Å²) in [7, 11) is 2.97. The highest BCUT2D eigenvalue weighted by atomic mass is 16.6. The van der Waals surface area contributed by atoms with Gasteiger partial charge in [-0.05, 0) is 61.7 Å². The number of unbranched alkanes of at least 4 members (excludes halogenated alkanes) is 1. The summed E-state index contributed by atoms with van der Waals surface area (Å²) in [5.74, 6) is -2.03. The molecule has 14 nitrogen and oxygen atoms in total. The quantitative estimate of drug-likeness (QED) is 0.0937. The molecular formula is C42H71N5O9. The average Bonchev–Trinajstić information content (AvgIpc) is 3.59. The van der Waals surface area contributed by atoms with Crippen LogP contribution in [0.1, 0.15) is 121 Å². The number of carbonyl (C=O) groups excluding carboxylic acids is 7. The van der Waals surface area contributed by atoms with Crippen molar-refractivity contribution in [3.05, 3.63) is 0 Å². The number of esters is 2. The zero-order chi connectivity index (χ0) is 43.0. The summed E-state index contributed by atoms with van der Waals surface area (Å²) in [4.78, 5) is 98.3. The van der Waals surface area contributed by atoms with Gasteiger partial charge in [-0.15, -0.1) is 12.3 Å². The normalized spacial score (nSPS) is 16.9. The third-order valence-electron chi connectivity index (χ3n) is 9.89. The maximum atomic E-state index is 14.2. The number of rotatable bonds is 22. The molecule has 0 aromatic rings. The number of likely N-dealkylation sites (N-methyl/N-ethyl adjacent to an activating group) is 2. The number of amides is 5. The van der Waals surface area contributed by atoms with Gasteiger partial charge in [-0.2, -0.15) is 0 Å². The van der Waals surface area contributed by atoms with Crippen LogP contribution < -0.4 is 10.6 Å². The Hall–Kier alpha value is -4.15. The highest BCUT2D eigenvalue weighted by molar-refractivity contribution is 5.95. The number of terminal acetylenes is 1. The molecule has 0 aromatic heterocycles. The van der Waals surface area contributed by atoms with E-state index in [1.807, 2.05) is 27.7 Å². The van der Waals surface area contributed by atoms with E-state index in [-0.39, 0.29) is 49.0 Å². The summed E-state index contributed by atoms with van der Waals surface area (Å²) in [6.45, 7) is 20.3. The van der Waals surface area contributed by atoms with E-state index in [0.29, 0.717) is 38.6 Å². The van der Waals surface area contributed by atoms with E-state index >= 15 is 0 Å². The number of likely N-dealkylation sites (tertiary alicyclic amines) is 1. The molecule has 0 radical (unpaired) electrons. The van der Waals surface area contributed by atoms with Crippen LogP contribution >= 0.6 is 0 Å². The molecule has 1 fully saturated rings. The van der Waals surface area contributed by atoms with Crippen LogP contribution in [0.25, 0.3) is 0 Å². The topological polar surface area (TPSA) is 172 Å². The lowest BCUT2D eigenvalue weighted by Gasteiger charge is -2.37. The molecule has 14 heteroatoms. The van der Waals surface area contributed by atoms with Crippen molar-refractivity contribution in [1.29, 1.82) is 0 Å². The van der Waals surface area contributed by atoms with Crippen LogP contribution in [0.4, 0.5) is 0 Å². The van der Waals surface area contributed by atoms with Gasteiger partial charge < -0.3 is 34.8 Å². The number of nitrogens with zero attached hydrogens (tertiary/aromatic N) is 3.